The second-order valence-electron chi connectivity index (χ2n) is 6.90. The molecule has 2 amide bonds. The minimum Gasteiger partial charge on any atom is -0.484 e. The van der Waals surface area contributed by atoms with Gasteiger partial charge in [-0.15, -0.1) is 12.4 Å². The van der Waals surface area contributed by atoms with Crippen LogP contribution in [0.4, 0.5) is 11.4 Å². The van der Waals surface area contributed by atoms with Crippen molar-refractivity contribution < 1.29 is 14.3 Å². The number of nitrogens with one attached hydrogen (secondary N) is 2. The third-order valence-corrected chi connectivity index (χ3v) is 4.72. The summed E-state index contributed by atoms with van der Waals surface area (Å²) < 4.78 is 5.54. The number of halogens is 1. The lowest BCUT2D eigenvalue weighted by Gasteiger charge is -2.31. The van der Waals surface area contributed by atoms with Gasteiger partial charge in [-0.05, 0) is 37.1 Å². The Balaban J connectivity index is 0.00000280. The van der Waals surface area contributed by atoms with E-state index < -0.39 is 5.54 Å². The molecule has 0 atom stereocenters. The molecule has 1 aliphatic carbocycles. The smallest absolute Gasteiger partial charge is 0.262 e. The lowest BCUT2D eigenvalue weighted by molar-refractivity contribution is -0.122. The van der Waals surface area contributed by atoms with Crippen molar-refractivity contribution in [3.63, 3.8) is 0 Å². The van der Waals surface area contributed by atoms with Crippen LogP contribution >= 0.6 is 12.4 Å². The number of benzene rings is 2. The highest BCUT2D eigenvalue weighted by atomic mass is 35.5. The van der Waals surface area contributed by atoms with E-state index in [1.165, 1.54) is 0 Å². The molecule has 6 nitrogen and oxygen atoms in total. The SMILES string of the molecule is Cl.NC1(C(=O)Nc2cccc(OCC(=O)Nc3ccccc3)c2)CCCCC1. The molecule has 4 N–H and O–H groups in total. The van der Waals surface area contributed by atoms with Gasteiger partial charge in [0.25, 0.3) is 5.91 Å². The molecule has 1 fully saturated rings. The van der Waals surface area contributed by atoms with Crippen LogP contribution in [-0.2, 0) is 9.59 Å². The molecule has 1 saturated carbocycles. The molecule has 0 bridgehead atoms. The molecule has 3 rings (SSSR count). The van der Waals surface area contributed by atoms with E-state index in [0.717, 1.165) is 19.3 Å². The van der Waals surface area contributed by atoms with Crippen molar-refractivity contribution in [3.8, 4) is 5.75 Å². The van der Waals surface area contributed by atoms with E-state index in [0.29, 0.717) is 30.0 Å². The van der Waals surface area contributed by atoms with E-state index in [1.54, 1.807) is 24.3 Å². The molecular formula is C21H26ClN3O3. The van der Waals surface area contributed by atoms with E-state index in [4.69, 9.17) is 10.5 Å². The summed E-state index contributed by atoms with van der Waals surface area (Å²) in [6.07, 6.45) is 4.48. The Morgan fingerprint density at radius 3 is 2.32 bits per heavy atom. The van der Waals surface area contributed by atoms with Gasteiger partial charge in [-0.25, -0.2) is 0 Å². The Morgan fingerprint density at radius 1 is 0.929 bits per heavy atom. The molecule has 0 unspecified atom stereocenters. The maximum atomic E-state index is 12.5. The van der Waals surface area contributed by atoms with Gasteiger partial charge in [0, 0.05) is 17.4 Å². The second-order valence-corrected chi connectivity index (χ2v) is 6.90. The van der Waals surface area contributed by atoms with Crippen LogP contribution in [0.15, 0.2) is 54.6 Å². The molecule has 0 aromatic heterocycles. The summed E-state index contributed by atoms with van der Waals surface area (Å²) >= 11 is 0. The van der Waals surface area contributed by atoms with Crippen molar-refractivity contribution in [1.82, 2.24) is 0 Å². The van der Waals surface area contributed by atoms with Crippen molar-refractivity contribution >= 4 is 35.6 Å². The standard InChI is InChI=1S/C21H25N3O3.ClH/c22-21(12-5-2-6-13-21)20(26)24-17-10-7-11-18(14-17)27-15-19(25)23-16-8-3-1-4-9-16;/h1,3-4,7-11,14H,2,5-6,12-13,15,22H2,(H,23,25)(H,24,26);1H. The lowest BCUT2D eigenvalue weighted by atomic mass is 9.82. The molecule has 0 heterocycles. The number of rotatable bonds is 6. The summed E-state index contributed by atoms with van der Waals surface area (Å²) in [5.41, 5.74) is 6.79. The molecule has 1 aliphatic rings. The molecule has 0 aliphatic heterocycles. The molecule has 2 aromatic rings. The fourth-order valence-electron chi connectivity index (χ4n) is 3.20. The Bertz CT molecular complexity index is 792. The number of nitrogens with two attached hydrogens (primary N) is 1. The predicted octanol–water partition coefficient (Wildman–Crippen LogP) is 3.73. The highest BCUT2D eigenvalue weighted by molar-refractivity contribution is 5.98. The molecular weight excluding hydrogens is 378 g/mol. The van der Waals surface area contributed by atoms with Gasteiger partial charge in [0.05, 0.1) is 5.54 Å². The zero-order chi connectivity index (χ0) is 19.1. The number of amides is 2. The summed E-state index contributed by atoms with van der Waals surface area (Å²) in [4.78, 5) is 24.5. The molecule has 28 heavy (non-hydrogen) atoms. The number of carbonyl (C=O) groups excluding carboxylic acids is 2. The van der Waals surface area contributed by atoms with Crippen LogP contribution in [0.5, 0.6) is 5.75 Å². The predicted molar refractivity (Wildman–Crippen MR) is 113 cm³/mol. The summed E-state index contributed by atoms with van der Waals surface area (Å²) in [6.45, 7) is -0.118. The van der Waals surface area contributed by atoms with Crippen LogP contribution in [0.25, 0.3) is 0 Å². The lowest BCUT2D eigenvalue weighted by Crippen LogP contribution is -2.52. The molecule has 150 valence electrons. The van der Waals surface area contributed by atoms with E-state index in [-0.39, 0.29) is 30.8 Å². The number of anilines is 2. The van der Waals surface area contributed by atoms with Gasteiger partial charge in [-0.3, -0.25) is 9.59 Å². The Hall–Kier alpha value is -2.57. The monoisotopic (exact) mass is 403 g/mol. The van der Waals surface area contributed by atoms with Crippen molar-refractivity contribution in [2.75, 3.05) is 17.2 Å². The van der Waals surface area contributed by atoms with E-state index in [1.807, 2.05) is 30.3 Å². The molecule has 0 saturated heterocycles. The minimum atomic E-state index is -0.801. The fraction of sp³-hybridized carbons (Fsp3) is 0.333. The third kappa shape index (κ3) is 5.97. The first-order valence-corrected chi connectivity index (χ1v) is 9.23. The highest BCUT2D eigenvalue weighted by Crippen LogP contribution is 2.27. The van der Waals surface area contributed by atoms with E-state index in [9.17, 15) is 9.59 Å². The quantitative estimate of drug-likeness (QED) is 0.685. The van der Waals surface area contributed by atoms with Gasteiger partial charge in [0.15, 0.2) is 6.61 Å². The van der Waals surface area contributed by atoms with Crippen LogP contribution in [-0.4, -0.2) is 24.0 Å². The number of carbonyl (C=O) groups is 2. The van der Waals surface area contributed by atoms with Crippen LogP contribution in [0, 0.1) is 0 Å². The number of ether oxygens (including phenoxy) is 1. The summed E-state index contributed by atoms with van der Waals surface area (Å²) in [7, 11) is 0. The zero-order valence-corrected chi connectivity index (χ0v) is 16.5. The molecule has 0 spiro atoms. The number of para-hydroxylation sites is 1. The normalized spacial score (nSPS) is 15.0. The third-order valence-electron chi connectivity index (χ3n) is 4.72. The van der Waals surface area contributed by atoms with Crippen LogP contribution in [0.1, 0.15) is 32.1 Å². The molecule has 0 radical (unpaired) electrons. The fourth-order valence-corrected chi connectivity index (χ4v) is 3.20. The van der Waals surface area contributed by atoms with Crippen LogP contribution in [0.2, 0.25) is 0 Å². The van der Waals surface area contributed by atoms with Crippen molar-refractivity contribution in [1.29, 1.82) is 0 Å². The van der Waals surface area contributed by atoms with Crippen LogP contribution in [0.3, 0.4) is 0 Å². The number of hydrogen-bond acceptors (Lipinski definition) is 4. The first-order valence-electron chi connectivity index (χ1n) is 9.23. The Morgan fingerprint density at radius 2 is 1.61 bits per heavy atom. The van der Waals surface area contributed by atoms with Gasteiger partial charge in [0.1, 0.15) is 5.75 Å². The van der Waals surface area contributed by atoms with Crippen molar-refractivity contribution in [2.24, 2.45) is 5.73 Å². The average Bonchev–Trinajstić information content (AvgIpc) is 2.68. The zero-order valence-electron chi connectivity index (χ0n) is 15.6. The van der Waals surface area contributed by atoms with Crippen molar-refractivity contribution in [2.45, 2.75) is 37.6 Å². The number of hydrogen-bond donors (Lipinski definition) is 3. The summed E-state index contributed by atoms with van der Waals surface area (Å²) in [5.74, 6) is 0.0886. The highest BCUT2D eigenvalue weighted by Gasteiger charge is 2.35. The van der Waals surface area contributed by atoms with Gasteiger partial charge in [0.2, 0.25) is 5.91 Å². The second kappa shape index (κ2) is 10.1. The maximum absolute atomic E-state index is 12.5. The first-order chi connectivity index (χ1) is 13.0. The molecule has 2 aromatic carbocycles. The van der Waals surface area contributed by atoms with Crippen molar-refractivity contribution in [3.05, 3.63) is 54.6 Å². The minimum absolute atomic E-state index is 0. The van der Waals surface area contributed by atoms with Gasteiger partial charge < -0.3 is 21.1 Å². The Kier molecular flexibility index (Phi) is 7.84. The van der Waals surface area contributed by atoms with Gasteiger partial charge in [-0.2, -0.15) is 0 Å². The average molecular weight is 404 g/mol. The van der Waals surface area contributed by atoms with Crippen LogP contribution < -0.4 is 21.1 Å². The van der Waals surface area contributed by atoms with E-state index >= 15 is 0 Å². The van der Waals surface area contributed by atoms with Gasteiger partial charge in [-0.1, -0.05) is 43.5 Å². The van der Waals surface area contributed by atoms with E-state index in [2.05, 4.69) is 10.6 Å². The first kappa shape index (κ1) is 21.7. The maximum Gasteiger partial charge on any atom is 0.262 e. The largest absolute Gasteiger partial charge is 0.484 e. The molecule has 7 heteroatoms. The Labute approximate surface area is 171 Å². The summed E-state index contributed by atoms with van der Waals surface area (Å²) in [5, 5.41) is 5.63. The summed E-state index contributed by atoms with van der Waals surface area (Å²) in [6, 6.07) is 16.2. The van der Waals surface area contributed by atoms with Gasteiger partial charge >= 0.3 is 0 Å². The topological polar surface area (TPSA) is 93.5 Å².